The molecule has 0 aliphatic heterocycles. The van der Waals surface area contributed by atoms with Crippen LogP contribution >= 0.6 is 11.3 Å². The molecule has 0 spiro atoms. The molecule has 1 aromatic rings. The van der Waals surface area contributed by atoms with Crippen molar-refractivity contribution in [3.63, 3.8) is 0 Å². The fraction of sp³-hybridized carbons (Fsp3) is 0.462. The number of rotatable bonds is 9. The Morgan fingerprint density at radius 2 is 2.50 bits per heavy atom. The van der Waals surface area contributed by atoms with E-state index >= 15 is 0 Å². The van der Waals surface area contributed by atoms with E-state index in [-0.39, 0.29) is 5.91 Å². The minimum atomic E-state index is 0.0828. The predicted octanol–water partition coefficient (Wildman–Crippen LogP) is 1.50. The van der Waals surface area contributed by atoms with Crippen LogP contribution in [0.1, 0.15) is 4.88 Å². The van der Waals surface area contributed by atoms with E-state index < -0.39 is 0 Å². The second-order valence-electron chi connectivity index (χ2n) is 3.81. The molecule has 1 rings (SSSR count). The third-order valence-electron chi connectivity index (χ3n) is 2.39. The second-order valence-corrected chi connectivity index (χ2v) is 4.84. The summed E-state index contributed by atoms with van der Waals surface area (Å²) in [7, 11) is 1.64. The predicted molar refractivity (Wildman–Crippen MR) is 74.7 cm³/mol. The Hall–Kier alpha value is -1.17. The molecule has 1 amide bonds. The van der Waals surface area contributed by atoms with Gasteiger partial charge in [0.2, 0.25) is 5.91 Å². The highest BCUT2D eigenvalue weighted by Crippen LogP contribution is 2.11. The highest BCUT2D eigenvalue weighted by molar-refractivity contribution is 7.09. The Bertz CT molecular complexity index is 352. The van der Waals surface area contributed by atoms with Crippen LogP contribution in [-0.2, 0) is 16.1 Å². The molecule has 0 atom stereocenters. The maximum absolute atomic E-state index is 12.0. The Labute approximate surface area is 112 Å². The minimum Gasteiger partial charge on any atom is -0.383 e. The first kappa shape index (κ1) is 14.9. The van der Waals surface area contributed by atoms with Gasteiger partial charge in [-0.25, -0.2) is 0 Å². The van der Waals surface area contributed by atoms with Crippen molar-refractivity contribution in [1.82, 2.24) is 10.2 Å². The van der Waals surface area contributed by atoms with E-state index in [1.807, 2.05) is 17.5 Å². The summed E-state index contributed by atoms with van der Waals surface area (Å²) in [6.45, 7) is 6.54. The number of hydrogen-bond acceptors (Lipinski definition) is 4. The van der Waals surface area contributed by atoms with Crippen molar-refractivity contribution in [3.8, 4) is 0 Å². The van der Waals surface area contributed by atoms with Gasteiger partial charge in [0, 0.05) is 25.1 Å². The molecule has 4 nitrogen and oxygen atoms in total. The van der Waals surface area contributed by atoms with E-state index in [9.17, 15) is 4.79 Å². The molecule has 1 aromatic heterocycles. The zero-order valence-corrected chi connectivity index (χ0v) is 11.5. The number of thiophene rings is 1. The normalized spacial score (nSPS) is 10.3. The number of amides is 1. The summed E-state index contributed by atoms with van der Waals surface area (Å²) in [5.74, 6) is 0.0828. The average molecular weight is 268 g/mol. The van der Waals surface area contributed by atoms with Gasteiger partial charge in [-0.1, -0.05) is 12.1 Å². The first-order chi connectivity index (χ1) is 8.77. The fourth-order valence-corrected chi connectivity index (χ4v) is 2.20. The largest absolute Gasteiger partial charge is 0.383 e. The molecule has 0 saturated heterocycles. The van der Waals surface area contributed by atoms with Gasteiger partial charge in [-0.15, -0.1) is 17.9 Å². The molecule has 100 valence electrons. The van der Waals surface area contributed by atoms with Gasteiger partial charge in [-0.05, 0) is 11.4 Å². The SMILES string of the molecule is C=CCN(Cc1cccs1)C(=O)CNCCOC. The number of ether oxygens (including phenoxy) is 1. The van der Waals surface area contributed by atoms with Crippen LogP contribution in [-0.4, -0.2) is 44.2 Å². The van der Waals surface area contributed by atoms with Gasteiger partial charge < -0.3 is 15.0 Å². The molecule has 0 fully saturated rings. The van der Waals surface area contributed by atoms with Crippen LogP contribution < -0.4 is 5.32 Å². The topological polar surface area (TPSA) is 41.6 Å². The number of nitrogens with zero attached hydrogens (tertiary/aromatic N) is 1. The van der Waals surface area contributed by atoms with Crippen LogP contribution in [0.5, 0.6) is 0 Å². The lowest BCUT2D eigenvalue weighted by molar-refractivity contribution is -0.130. The van der Waals surface area contributed by atoms with Crippen LogP contribution in [0.15, 0.2) is 30.2 Å². The monoisotopic (exact) mass is 268 g/mol. The van der Waals surface area contributed by atoms with Crippen molar-refractivity contribution < 1.29 is 9.53 Å². The van der Waals surface area contributed by atoms with Crippen molar-refractivity contribution in [2.24, 2.45) is 0 Å². The molecular weight excluding hydrogens is 248 g/mol. The van der Waals surface area contributed by atoms with Crippen LogP contribution in [0.3, 0.4) is 0 Å². The smallest absolute Gasteiger partial charge is 0.237 e. The first-order valence-corrected chi connectivity index (χ1v) is 6.76. The lowest BCUT2D eigenvalue weighted by Gasteiger charge is -2.20. The summed E-state index contributed by atoms with van der Waals surface area (Å²) in [5, 5.41) is 5.07. The van der Waals surface area contributed by atoms with Crippen molar-refractivity contribution >= 4 is 17.2 Å². The summed E-state index contributed by atoms with van der Waals surface area (Å²) in [5.41, 5.74) is 0. The van der Waals surface area contributed by atoms with Gasteiger partial charge in [0.15, 0.2) is 0 Å². The summed E-state index contributed by atoms with van der Waals surface area (Å²) < 4.78 is 4.91. The van der Waals surface area contributed by atoms with Crippen LogP contribution in [0.4, 0.5) is 0 Å². The Balaban J connectivity index is 2.40. The van der Waals surface area contributed by atoms with E-state index in [4.69, 9.17) is 4.74 Å². The molecule has 0 aromatic carbocycles. The lowest BCUT2D eigenvalue weighted by Crippen LogP contribution is -2.38. The van der Waals surface area contributed by atoms with Gasteiger partial charge >= 0.3 is 0 Å². The molecule has 18 heavy (non-hydrogen) atoms. The lowest BCUT2D eigenvalue weighted by atomic mass is 10.3. The molecule has 0 aliphatic rings. The first-order valence-electron chi connectivity index (χ1n) is 5.88. The Kier molecular flexibility index (Phi) is 7.32. The average Bonchev–Trinajstić information content (AvgIpc) is 2.87. The summed E-state index contributed by atoms with van der Waals surface area (Å²) in [6.07, 6.45) is 1.75. The van der Waals surface area contributed by atoms with E-state index in [1.165, 1.54) is 4.88 Å². The van der Waals surface area contributed by atoms with Crippen molar-refractivity contribution in [2.75, 3.05) is 33.4 Å². The Morgan fingerprint density at radius 3 is 3.11 bits per heavy atom. The highest BCUT2D eigenvalue weighted by Gasteiger charge is 2.12. The number of methoxy groups -OCH3 is 1. The highest BCUT2D eigenvalue weighted by atomic mass is 32.1. The number of nitrogens with one attached hydrogen (secondary N) is 1. The molecule has 1 heterocycles. The molecule has 5 heteroatoms. The third-order valence-corrected chi connectivity index (χ3v) is 3.25. The molecule has 0 saturated carbocycles. The van der Waals surface area contributed by atoms with E-state index in [0.29, 0.717) is 32.8 Å². The van der Waals surface area contributed by atoms with Crippen LogP contribution in [0.25, 0.3) is 0 Å². The van der Waals surface area contributed by atoms with Gasteiger partial charge in [0.1, 0.15) is 0 Å². The van der Waals surface area contributed by atoms with Crippen molar-refractivity contribution in [1.29, 1.82) is 0 Å². The summed E-state index contributed by atoms with van der Waals surface area (Å²) in [6, 6.07) is 4.03. The fourth-order valence-electron chi connectivity index (χ4n) is 1.48. The number of hydrogen-bond donors (Lipinski definition) is 1. The van der Waals surface area contributed by atoms with Crippen molar-refractivity contribution in [2.45, 2.75) is 6.54 Å². The minimum absolute atomic E-state index is 0.0828. The van der Waals surface area contributed by atoms with Crippen LogP contribution in [0, 0.1) is 0 Å². The maximum atomic E-state index is 12.0. The van der Waals surface area contributed by atoms with Crippen LogP contribution in [0.2, 0.25) is 0 Å². The molecule has 0 aliphatic carbocycles. The summed E-state index contributed by atoms with van der Waals surface area (Å²) in [4.78, 5) is 15.0. The van der Waals surface area contributed by atoms with Crippen molar-refractivity contribution in [3.05, 3.63) is 35.0 Å². The molecular formula is C13H20N2O2S. The second kappa shape index (κ2) is 8.85. The quantitative estimate of drug-likeness (QED) is 0.545. The maximum Gasteiger partial charge on any atom is 0.237 e. The number of carbonyl (C=O) groups excluding carboxylic acids is 1. The van der Waals surface area contributed by atoms with E-state index in [1.54, 1.807) is 29.4 Å². The number of carbonyl (C=O) groups is 1. The van der Waals surface area contributed by atoms with Gasteiger partial charge in [0.25, 0.3) is 0 Å². The van der Waals surface area contributed by atoms with Gasteiger partial charge in [-0.3, -0.25) is 4.79 Å². The molecule has 0 bridgehead atoms. The third kappa shape index (κ3) is 5.44. The Morgan fingerprint density at radius 1 is 1.67 bits per heavy atom. The van der Waals surface area contributed by atoms with Gasteiger partial charge in [-0.2, -0.15) is 0 Å². The van der Waals surface area contributed by atoms with E-state index in [0.717, 1.165) is 0 Å². The van der Waals surface area contributed by atoms with E-state index in [2.05, 4.69) is 11.9 Å². The zero-order valence-electron chi connectivity index (χ0n) is 10.7. The summed E-state index contributed by atoms with van der Waals surface area (Å²) >= 11 is 1.66. The molecule has 1 N–H and O–H groups in total. The zero-order chi connectivity index (χ0) is 13.2. The standard InChI is InChI=1S/C13H20N2O2S/c1-3-7-15(11-12-5-4-9-18-12)13(16)10-14-6-8-17-2/h3-5,9,14H,1,6-8,10-11H2,2H3. The molecule has 0 unspecified atom stereocenters. The molecule has 0 radical (unpaired) electrons. The van der Waals surface area contributed by atoms with Gasteiger partial charge in [0.05, 0.1) is 19.7 Å².